The standard InChI is InChI=1S/C24H24O6/c1-4-13-30-22-12-8-18(15-24(22)29-3)6-10-20(26)16-19(25)9-5-17-7-11-21(27)23(14-17)28-2/h4-12,14-16,26-27H,1,13H2,2-3H3/b9-5+,10-6+,20-16?. The summed E-state index contributed by atoms with van der Waals surface area (Å²) in [5.41, 5.74) is 1.43. The maximum atomic E-state index is 12.0. The van der Waals surface area contributed by atoms with E-state index in [-0.39, 0.29) is 11.5 Å². The van der Waals surface area contributed by atoms with Crippen molar-refractivity contribution >= 4 is 17.9 Å². The first-order chi connectivity index (χ1) is 14.5. The average Bonchev–Trinajstić information content (AvgIpc) is 2.75. The van der Waals surface area contributed by atoms with Crippen LogP contribution in [-0.4, -0.2) is 36.8 Å². The average molecular weight is 408 g/mol. The number of aromatic hydroxyl groups is 1. The van der Waals surface area contributed by atoms with Gasteiger partial charge in [-0.25, -0.2) is 0 Å². The second kappa shape index (κ2) is 11.2. The summed E-state index contributed by atoms with van der Waals surface area (Å²) in [6.45, 7) is 3.97. The fourth-order valence-electron chi connectivity index (χ4n) is 2.46. The van der Waals surface area contributed by atoms with E-state index in [2.05, 4.69) is 6.58 Å². The van der Waals surface area contributed by atoms with E-state index in [1.54, 1.807) is 48.6 Å². The number of hydrogen-bond donors (Lipinski definition) is 2. The van der Waals surface area contributed by atoms with E-state index in [0.717, 1.165) is 11.6 Å². The highest BCUT2D eigenvalue weighted by atomic mass is 16.5. The first-order valence-electron chi connectivity index (χ1n) is 9.06. The van der Waals surface area contributed by atoms with Crippen LogP contribution in [-0.2, 0) is 4.79 Å². The van der Waals surface area contributed by atoms with Gasteiger partial charge in [0.05, 0.1) is 14.2 Å². The number of phenols is 1. The molecule has 6 nitrogen and oxygen atoms in total. The van der Waals surface area contributed by atoms with E-state index in [1.165, 1.54) is 32.4 Å². The van der Waals surface area contributed by atoms with Crippen LogP contribution in [0.15, 0.2) is 73.0 Å². The normalized spacial score (nSPS) is 11.6. The van der Waals surface area contributed by atoms with Gasteiger partial charge >= 0.3 is 0 Å². The van der Waals surface area contributed by atoms with E-state index < -0.39 is 5.78 Å². The van der Waals surface area contributed by atoms with Gasteiger partial charge in [0.1, 0.15) is 12.4 Å². The SMILES string of the molecule is C=CCOc1ccc(/C=C/C(O)=CC(=O)/C=C/c2ccc(O)c(OC)c2)cc1OC. The Bertz CT molecular complexity index is 985. The van der Waals surface area contributed by atoms with E-state index in [4.69, 9.17) is 14.2 Å². The number of phenolic OH excluding ortho intramolecular Hbond substituents is 1. The second-order valence-corrected chi connectivity index (χ2v) is 6.08. The zero-order valence-electron chi connectivity index (χ0n) is 16.9. The summed E-state index contributed by atoms with van der Waals surface area (Å²) in [7, 11) is 2.98. The van der Waals surface area contributed by atoms with Gasteiger partial charge < -0.3 is 24.4 Å². The van der Waals surface area contributed by atoms with Gasteiger partial charge in [0, 0.05) is 6.08 Å². The van der Waals surface area contributed by atoms with Crippen molar-refractivity contribution < 1.29 is 29.2 Å². The molecule has 0 saturated carbocycles. The smallest absolute Gasteiger partial charge is 0.182 e. The van der Waals surface area contributed by atoms with Crippen molar-refractivity contribution in [2.75, 3.05) is 20.8 Å². The largest absolute Gasteiger partial charge is 0.508 e. The molecular weight excluding hydrogens is 384 g/mol. The van der Waals surface area contributed by atoms with E-state index in [9.17, 15) is 15.0 Å². The number of carbonyl (C=O) groups is 1. The maximum Gasteiger partial charge on any atom is 0.182 e. The Hall–Kier alpha value is -3.93. The van der Waals surface area contributed by atoms with Gasteiger partial charge in [-0.05, 0) is 47.5 Å². The van der Waals surface area contributed by atoms with E-state index in [1.807, 2.05) is 0 Å². The lowest BCUT2D eigenvalue weighted by Gasteiger charge is -2.09. The number of benzene rings is 2. The highest BCUT2D eigenvalue weighted by Crippen LogP contribution is 2.29. The van der Waals surface area contributed by atoms with Crippen LogP contribution in [0.5, 0.6) is 23.0 Å². The summed E-state index contributed by atoms with van der Waals surface area (Å²) in [4.78, 5) is 12.0. The topological polar surface area (TPSA) is 85.2 Å². The lowest BCUT2D eigenvalue weighted by molar-refractivity contribution is -0.110. The number of hydrogen-bond acceptors (Lipinski definition) is 6. The molecule has 30 heavy (non-hydrogen) atoms. The van der Waals surface area contributed by atoms with Gasteiger partial charge in [0.25, 0.3) is 0 Å². The van der Waals surface area contributed by atoms with Crippen molar-refractivity contribution in [2.45, 2.75) is 0 Å². The Balaban J connectivity index is 2.05. The lowest BCUT2D eigenvalue weighted by atomic mass is 10.1. The van der Waals surface area contributed by atoms with Gasteiger partial charge in [-0.1, -0.05) is 36.9 Å². The number of aliphatic hydroxyl groups is 1. The van der Waals surface area contributed by atoms with Crippen LogP contribution in [0.3, 0.4) is 0 Å². The zero-order chi connectivity index (χ0) is 21.9. The zero-order valence-corrected chi connectivity index (χ0v) is 16.9. The predicted octanol–water partition coefficient (Wildman–Crippen LogP) is 4.71. The number of allylic oxidation sites excluding steroid dienone is 3. The molecule has 0 fully saturated rings. The third kappa shape index (κ3) is 6.60. The summed E-state index contributed by atoms with van der Waals surface area (Å²) in [5, 5.41) is 19.6. The van der Waals surface area contributed by atoms with Crippen molar-refractivity contribution in [3.05, 3.63) is 84.2 Å². The number of ketones is 1. The molecule has 2 aromatic carbocycles. The third-order valence-electron chi connectivity index (χ3n) is 3.92. The van der Waals surface area contributed by atoms with Crippen molar-refractivity contribution in [2.24, 2.45) is 0 Å². The predicted molar refractivity (Wildman–Crippen MR) is 117 cm³/mol. The first-order valence-corrected chi connectivity index (χ1v) is 9.06. The molecule has 0 aliphatic heterocycles. The molecule has 2 aromatic rings. The molecule has 6 heteroatoms. The first kappa shape index (κ1) is 22.4. The van der Waals surface area contributed by atoms with Crippen LogP contribution in [0.4, 0.5) is 0 Å². The van der Waals surface area contributed by atoms with Crippen molar-refractivity contribution in [3.8, 4) is 23.0 Å². The Labute approximate surface area is 175 Å². The molecule has 2 N–H and O–H groups in total. The number of ether oxygens (including phenoxy) is 3. The third-order valence-corrected chi connectivity index (χ3v) is 3.92. The van der Waals surface area contributed by atoms with Gasteiger partial charge in [0.2, 0.25) is 0 Å². The minimum Gasteiger partial charge on any atom is -0.508 e. The summed E-state index contributed by atoms with van der Waals surface area (Å²) >= 11 is 0. The lowest BCUT2D eigenvalue weighted by Crippen LogP contribution is -1.96. The molecule has 156 valence electrons. The van der Waals surface area contributed by atoms with Crippen LogP contribution in [0.2, 0.25) is 0 Å². The molecule has 0 amide bonds. The van der Waals surface area contributed by atoms with E-state index >= 15 is 0 Å². The van der Waals surface area contributed by atoms with Gasteiger partial charge in [-0.3, -0.25) is 4.79 Å². The number of methoxy groups -OCH3 is 2. The summed E-state index contributed by atoms with van der Waals surface area (Å²) in [6.07, 6.45) is 8.67. The molecule has 0 unspecified atom stereocenters. The van der Waals surface area contributed by atoms with Gasteiger partial charge in [0.15, 0.2) is 28.8 Å². The molecule has 2 rings (SSSR count). The molecule has 0 heterocycles. The highest BCUT2D eigenvalue weighted by Gasteiger charge is 2.04. The van der Waals surface area contributed by atoms with Crippen LogP contribution in [0.25, 0.3) is 12.2 Å². The Morgan fingerprint density at radius 2 is 1.60 bits per heavy atom. The molecule has 0 saturated heterocycles. The fraction of sp³-hybridized carbons (Fsp3) is 0.125. The van der Waals surface area contributed by atoms with E-state index in [0.29, 0.717) is 29.4 Å². The molecule has 0 aliphatic carbocycles. The molecule has 0 spiro atoms. The van der Waals surface area contributed by atoms with Crippen LogP contribution in [0.1, 0.15) is 11.1 Å². The van der Waals surface area contributed by atoms with Crippen LogP contribution >= 0.6 is 0 Å². The number of carbonyl (C=O) groups excluding carboxylic acids is 1. The fourth-order valence-corrected chi connectivity index (χ4v) is 2.46. The summed E-state index contributed by atoms with van der Waals surface area (Å²) in [5.74, 6) is 0.864. The van der Waals surface area contributed by atoms with Crippen molar-refractivity contribution in [1.82, 2.24) is 0 Å². The number of aliphatic hydroxyl groups excluding tert-OH is 1. The molecule has 0 radical (unpaired) electrons. The van der Waals surface area contributed by atoms with Crippen LogP contribution < -0.4 is 14.2 Å². The minimum atomic E-state index is -0.394. The molecular formula is C24H24O6. The molecule has 0 bridgehead atoms. The monoisotopic (exact) mass is 408 g/mol. The van der Waals surface area contributed by atoms with Crippen molar-refractivity contribution in [3.63, 3.8) is 0 Å². The quantitative estimate of drug-likeness (QED) is 0.256. The van der Waals surface area contributed by atoms with Crippen molar-refractivity contribution in [1.29, 1.82) is 0 Å². The second-order valence-electron chi connectivity index (χ2n) is 6.08. The van der Waals surface area contributed by atoms with Gasteiger partial charge in [-0.2, -0.15) is 0 Å². The maximum absolute atomic E-state index is 12.0. The van der Waals surface area contributed by atoms with Crippen LogP contribution in [0, 0.1) is 0 Å². The van der Waals surface area contributed by atoms with Gasteiger partial charge in [-0.15, -0.1) is 0 Å². The Kier molecular flexibility index (Phi) is 8.32. The molecule has 0 atom stereocenters. The summed E-state index contributed by atoms with van der Waals surface area (Å²) in [6, 6.07) is 10.0. The highest BCUT2D eigenvalue weighted by molar-refractivity contribution is 6.02. The Morgan fingerprint density at radius 1 is 0.967 bits per heavy atom. The minimum absolute atomic E-state index is 0.0144. The Morgan fingerprint density at radius 3 is 2.27 bits per heavy atom. The molecule has 0 aromatic heterocycles. The summed E-state index contributed by atoms with van der Waals surface area (Å²) < 4.78 is 15.8. The number of rotatable bonds is 10. The molecule has 0 aliphatic rings.